The van der Waals surface area contributed by atoms with Crippen LogP contribution in [0.2, 0.25) is 0 Å². The minimum Gasteiger partial charge on any atom is -0.344 e. The van der Waals surface area contributed by atoms with Crippen LogP contribution in [-0.4, -0.2) is 84.4 Å². The van der Waals surface area contributed by atoms with Gasteiger partial charge in [0.15, 0.2) is 0 Å². The van der Waals surface area contributed by atoms with Crippen LogP contribution >= 0.6 is 12.6 Å². The number of piperazine rings is 1. The summed E-state index contributed by atoms with van der Waals surface area (Å²) in [4.78, 5) is 18.9. The fourth-order valence-electron chi connectivity index (χ4n) is 4.89. The van der Waals surface area contributed by atoms with Gasteiger partial charge in [0, 0.05) is 51.4 Å². The van der Waals surface area contributed by atoms with Crippen LogP contribution in [0.4, 0.5) is 4.79 Å². The van der Waals surface area contributed by atoms with Crippen LogP contribution in [-0.2, 0) is 0 Å². The molecule has 138 valence electrons. The molecule has 3 fully saturated rings. The molecule has 2 saturated heterocycles. The molecule has 1 amide bonds. The highest BCUT2D eigenvalue weighted by Gasteiger charge is 2.40. The molecule has 2 atom stereocenters. The van der Waals surface area contributed by atoms with Gasteiger partial charge in [-0.1, -0.05) is 12.6 Å². The molecule has 3 rings (SSSR count). The molecule has 2 unspecified atom stereocenters. The summed E-state index contributed by atoms with van der Waals surface area (Å²) in [6, 6.07) is 1.05. The van der Waals surface area contributed by atoms with Gasteiger partial charge in [-0.05, 0) is 58.0 Å². The number of hydrogen-bond acceptors (Lipinski definition) is 4. The van der Waals surface area contributed by atoms with Crippen LogP contribution in [0.25, 0.3) is 0 Å². The Morgan fingerprint density at radius 3 is 2.17 bits per heavy atom. The summed E-state index contributed by atoms with van der Waals surface area (Å²) < 4.78 is 0. The van der Waals surface area contributed by atoms with Crippen LogP contribution in [0.1, 0.15) is 33.1 Å². The van der Waals surface area contributed by atoms with Crippen molar-refractivity contribution in [3.8, 4) is 0 Å². The van der Waals surface area contributed by atoms with Crippen LogP contribution in [0.15, 0.2) is 0 Å². The second kappa shape index (κ2) is 8.39. The molecule has 5 nitrogen and oxygen atoms in total. The first-order valence-electron chi connectivity index (χ1n) is 9.69. The summed E-state index contributed by atoms with van der Waals surface area (Å²) in [6.45, 7) is 14.4. The molecule has 0 aromatic heterocycles. The van der Waals surface area contributed by atoms with E-state index in [4.69, 9.17) is 0 Å². The van der Waals surface area contributed by atoms with Crippen LogP contribution < -0.4 is 5.32 Å². The highest BCUT2D eigenvalue weighted by Crippen LogP contribution is 2.38. The summed E-state index contributed by atoms with van der Waals surface area (Å²) in [5.41, 5.74) is 0. The summed E-state index contributed by atoms with van der Waals surface area (Å²) >= 11 is 3.84. The van der Waals surface area contributed by atoms with Crippen molar-refractivity contribution in [1.29, 1.82) is 0 Å². The van der Waals surface area contributed by atoms with Crippen molar-refractivity contribution in [1.82, 2.24) is 20.0 Å². The topological polar surface area (TPSA) is 38.8 Å². The molecule has 2 heterocycles. The average molecular weight is 355 g/mol. The summed E-state index contributed by atoms with van der Waals surface area (Å²) in [7, 11) is 0. The molecule has 2 aliphatic heterocycles. The van der Waals surface area contributed by atoms with Gasteiger partial charge in [0.05, 0.1) is 0 Å². The van der Waals surface area contributed by atoms with E-state index in [0.717, 1.165) is 24.7 Å². The number of carbonyl (C=O) groups excluding carboxylic acids is 1. The highest BCUT2D eigenvalue weighted by molar-refractivity contribution is 7.96. The molecule has 3 aliphatic rings. The first kappa shape index (κ1) is 18.5. The number of nitrogens with zero attached hydrogens (tertiary/aromatic N) is 3. The second-order valence-corrected chi connectivity index (χ2v) is 8.63. The van der Waals surface area contributed by atoms with Gasteiger partial charge >= 0.3 is 0 Å². The number of thiol groups is 1. The Bertz CT molecular complexity index is 411. The minimum atomic E-state index is -0.172. The molecule has 1 N–H and O–H groups in total. The molecular formula is C18H34N4OS. The monoisotopic (exact) mass is 354 g/mol. The zero-order chi connectivity index (χ0) is 17.1. The SMILES string of the molecule is CC(C)N1CCN(CCCN2CC3CC(NC(=O)S)CC3C2)CC1. The van der Waals surface area contributed by atoms with E-state index in [1.807, 2.05) is 0 Å². The third kappa shape index (κ3) is 4.87. The Labute approximate surface area is 152 Å². The maximum absolute atomic E-state index is 11.1. The lowest BCUT2D eigenvalue weighted by Gasteiger charge is -2.37. The zero-order valence-electron chi connectivity index (χ0n) is 15.3. The van der Waals surface area contributed by atoms with Gasteiger partial charge in [0.2, 0.25) is 0 Å². The largest absolute Gasteiger partial charge is 0.344 e. The van der Waals surface area contributed by atoms with Gasteiger partial charge in [-0.25, -0.2) is 0 Å². The smallest absolute Gasteiger partial charge is 0.276 e. The van der Waals surface area contributed by atoms with Crippen molar-refractivity contribution >= 4 is 17.9 Å². The number of likely N-dealkylation sites (tertiary alicyclic amines) is 1. The standard InChI is InChI=1S/C18H34N4OS/c1-14(2)22-8-6-20(7-9-22)4-3-5-21-12-15-10-17(19-18(23)24)11-16(15)13-21/h14-17H,3-13H2,1-2H3,(H2,19,23,24). The van der Waals surface area contributed by atoms with Gasteiger partial charge in [-0.2, -0.15) is 0 Å². The Morgan fingerprint density at radius 1 is 1.04 bits per heavy atom. The van der Waals surface area contributed by atoms with Crippen molar-refractivity contribution in [2.75, 3.05) is 52.4 Å². The first-order valence-corrected chi connectivity index (χ1v) is 10.1. The molecule has 6 heteroatoms. The Balaban J connectivity index is 1.29. The fraction of sp³-hybridized carbons (Fsp3) is 0.944. The normalized spacial score (nSPS) is 32.4. The van der Waals surface area contributed by atoms with E-state index < -0.39 is 0 Å². The van der Waals surface area contributed by atoms with E-state index in [9.17, 15) is 4.79 Å². The fourth-order valence-corrected chi connectivity index (χ4v) is 5.08. The molecule has 0 aromatic rings. The third-order valence-electron chi connectivity index (χ3n) is 6.24. The predicted octanol–water partition coefficient (Wildman–Crippen LogP) is 1.75. The lowest BCUT2D eigenvalue weighted by molar-refractivity contribution is 0.105. The van der Waals surface area contributed by atoms with E-state index in [0.29, 0.717) is 12.1 Å². The molecule has 1 saturated carbocycles. The highest BCUT2D eigenvalue weighted by atomic mass is 32.1. The average Bonchev–Trinajstić information content (AvgIpc) is 3.05. The zero-order valence-corrected chi connectivity index (χ0v) is 16.2. The van der Waals surface area contributed by atoms with Crippen molar-refractivity contribution in [2.24, 2.45) is 11.8 Å². The first-order chi connectivity index (χ1) is 11.5. The minimum absolute atomic E-state index is 0.172. The molecular weight excluding hydrogens is 320 g/mol. The van der Waals surface area contributed by atoms with Crippen molar-refractivity contribution in [3.05, 3.63) is 0 Å². The number of carbonyl (C=O) groups is 1. The number of hydrogen-bond donors (Lipinski definition) is 2. The third-order valence-corrected chi connectivity index (χ3v) is 6.37. The van der Waals surface area contributed by atoms with Crippen LogP contribution in [0.3, 0.4) is 0 Å². The second-order valence-electron chi connectivity index (χ2n) is 8.22. The van der Waals surface area contributed by atoms with Crippen molar-refractivity contribution < 1.29 is 4.79 Å². The summed E-state index contributed by atoms with van der Waals surface area (Å²) in [5.74, 6) is 1.56. The van der Waals surface area contributed by atoms with E-state index >= 15 is 0 Å². The van der Waals surface area contributed by atoms with E-state index in [-0.39, 0.29) is 5.24 Å². The van der Waals surface area contributed by atoms with Gasteiger partial charge in [-0.3, -0.25) is 9.69 Å². The van der Waals surface area contributed by atoms with Crippen molar-refractivity contribution in [3.63, 3.8) is 0 Å². The number of amides is 1. The van der Waals surface area contributed by atoms with Crippen LogP contribution in [0.5, 0.6) is 0 Å². The Hall–Kier alpha value is -0.300. The van der Waals surface area contributed by atoms with E-state index in [1.54, 1.807) is 0 Å². The predicted molar refractivity (Wildman–Crippen MR) is 102 cm³/mol. The molecule has 1 aliphatic carbocycles. The van der Waals surface area contributed by atoms with Gasteiger partial charge in [0.1, 0.15) is 0 Å². The maximum Gasteiger partial charge on any atom is 0.276 e. The molecule has 0 spiro atoms. The number of fused-ring (bicyclic) bond motifs is 1. The number of nitrogens with one attached hydrogen (secondary N) is 1. The van der Waals surface area contributed by atoms with Crippen LogP contribution in [0, 0.1) is 11.8 Å². The molecule has 0 aromatic carbocycles. The van der Waals surface area contributed by atoms with Gasteiger partial charge in [0.25, 0.3) is 5.24 Å². The Morgan fingerprint density at radius 2 is 1.62 bits per heavy atom. The number of rotatable bonds is 6. The lowest BCUT2D eigenvalue weighted by atomic mass is 10.0. The van der Waals surface area contributed by atoms with Gasteiger partial charge in [-0.15, -0.1) is 0 Å². The molecule has 24 heavy (non-hydrogen) atoms. The summed E-state index contributed by atoms with van der Waals surface area (Å²) in [5, 5.41) is 2.81. The van der Waals surface area contributed by atoms with E-state index in [1.165, 1.54) is 58.8 Å². The van der Waals surface area contributed by atoms with Gasteiger partial charge < -0.3 is 15.1 Å². The van der Waals surface area contributed by atoms with Crippen molar-refractivity contribution in [2.45, 2.75) is 45.2 Å². The molecule has 0 radical (unpaired) electrons. The van der Waals surface area contributed by atoms with E-state index in [2.05, 4.69) is 46.5 Å². The maximum atomic E-state index is 11.1. The summed E-state index contributed by atoms with van der Waals surface area (Å²) in [6.07, 6.45) is 3.58. The lowest BCUT2D eigenvalue weighted by Crippen LogP contribution is -2.49. The molecule has 0 bridgehead atoms. The Kier molecular flexibility index (Phi) is 6.46. The quantitative estimate of drug-likeness (QED) is 0.713.